The molecule has 0 saturated carbocycles. The quantitative estimate of drug-likeness (QED) is 0.237. The summed E-state index contributed by atoms with van der Waals surface area (Å²) >= 11 is 6.37. The Morgan fingerprint density at radius 2 is 1.95 bits per heavy atom. The number of ether oxygens (including phenoxy) is 1. The largest absolute Gasteiger partial charge is 0.461 e. The van der Waals surface area contributed by atoms with E-state index in [-0.39, 0.29) is 13.2 Å². The molecule has 0 aliphatic heterocycles. The minimum Gasteiger partial charge on any atom is -0.461 e. The lowest BCUT2D eigenvalue weighted by atomic mass is 10.2. The van der Waals surface area contributed by atoms with Crippen molar-refractivity contribution < 1.29 is 17.9 Å². The topological polar surface area (TPSA) is 72.5 Å². The molecule has 0 spiro atoms. The van der Waals surface area contributed by atoms with E-state index in [0.717, 1.165) is 17.0 Å². The van der Waals surface area contributed by atoms with Gasteiger partial charge in [-0.05, 0) is 79.9 Å². The Labute approximate surface area is 152 Å². The number of halogens is 3. The van der Waals surface area contributed by atoms with Crippen molar-refractivity contribution in [3.63, 3.8) is 0 Å². The zero-order valence-corrected chi connectivity index (χ0v) is 17.0. The Morgan fingerprint density at radius 1 is 1.32 bits per heavy atom. The second kappa shape index (κ2) is 7.70. The van der Waals surface area contributed by atoms with Crippen LogP contribution in [0, 0.1) is 10.7 Å². The van der Waals surface area contributed by atoms with Crippen molar-refractivity contribution in [2.75, 3.05) is 19.4 Å². The highest BCUT2D eigenvalue weighted by Crippen LogP contribution is 2.23. The molecule has 0 aliphatic carbocycles. The summed E-state index contributed by atoms with van der Waals surface area (Å²) in [6, 6.07) is 3.71. The summed E-state index contributed by atoms with van der Waals surface area (Å²) < 4.78 is 31.7. The SMILES string of the molecule is CS(=O)(=O)NCCOC(=O)c1cc(I)cc(I)c1I. The van der Waals surface area contributed by atoms with Crippen LogP contribution in [0.15, 0.2) is 12.1 Å². The van der Waals surface area contributed by atoms with Gasteiger partial charge in [-0.15, -0.1) is 0 Å². The van der Waals surface area contributed by atoms with Gasteiger partial charge in [0, 0.05) is 17.3 Å². The molecule has 9 heteroatoms. The average molecular weight is 621 g/mol. The van der Waals surface area contributed by atoms with E-state index in [1.807, 2.05) is 6.07 Å². The second-order valence-corrected chi connectivity index (χ2v) is 8.87. The van der Waals surface area contributed by atoms with Crippen LogP contribution >= 0.6 is 67.8 Å². The van der Waals surface area contributed by atoms with Crippen LogP contribution in [0.25, 0.3) is 0 Å². The minimum atomic E-state index is -3.25. The van der Waals surface area contributed by atoms with Gasteiger partial charge in [-0.2, -0.15) is 0 Å². The zero-order valence-electron chi connectivity index (χ0n) is 9.74. The van der Waals surface area contributed by atoms with Crippen molar-refractivity contribution in [3.8, 4) is 0 Å². The molecule has 1 aromatic rings. The fourth-order valence-corrected chi connectivity index (χ4v) is 3.98. The van der Waals surface area contributed by atoms with Gasteiger partial charge in [0.1, 0.15) is 6.61 Å². The summed E-state index contributed by atoms with van der Waals surface area (Å²) in [7, 11) is -3.25. The van der Waals surface area contributed by atoms with Crippen LogP contribution in [-0.4, -0.2) is 33.8 Å². The van der Waals surface area contributed by atoms with Gasteiger partial charge < -0.3 is 4.74 Å². The van der Waals surface area contributed by atoms with E-state index in [1.165, 1.54) is 0 Å². The third kappa shape index (κ3) is 6.39. The van der Waals surface area contributed by atoms with Gasteiger partial charge in [0.25, 0.3) is 0 Å². The summed E-state index contributed by atoms with van der Waals surface area (Å²) in [6.45, 7) is 0.0756. The number of hydrogen-bond acceptors (Lipinski definition) is 4. The first kappa shape index (κ1) is 17.8. The van der Waals surface area contributed by atoms with Crippen molar-refractivity contribution in [1.29, 1.82) is 0 Å². The number of esters is 1. The number of benzene rings is 1. The van der Waals surface area contributed by atoms with Crippen LogP contribution in [-0.2, 0) is 14.8 Å². The van der Waals surface area contributed by atoms with Crippen molar-refractivity contribution in [2.45, 2.75) is 0 Å². The summed E-state index contributed by atoms with van der Waals surface area (Å²) in [6.07, 6.45) is 1.06. The van der Waals surface area contributed by atoms with Crippen molar-refractivity contribution in [1.82, 2.24) is 4.72 Å². The van der Waals surface area contributed by atoms with E-state index in [0.29, 0.717) is 5.56 Å². The Kier molecular flexibility index (Phi) is 7.23. The molecule has 5 nitrogen and oxygen atoms in total. The molecule has 0 aliphatic rings. The van der Waals surface area contributed by atoms with Gasteiger partial charge in [-0.1, -0.05) is 0 Å². The van der Waals surface area contributed by atoms with Crippen LogP contribution in [0.2, 0.25) is 0 Å². The lowest BCUT2D eigenvalue weighted by molar-refractivity contribution is 0.0512. The average Bonchev–Trinajstić information content (AvgIpc) is 2.27. The third-order valence-corrected chi connectivity index (χ3v) is 6.31. The summed E-state index contributed by atoms with van der Waals surface area (Å²) in [5.41, 5.74) is 0.497. The molecule has 19 heavy (non-hydrogen) atoms. The molecule has 106 valence electrons. The van der Waals surface area contributed by atoms with Crippen LogP contribution in [0.3, 0.4) is 0 Å². The van der Waals surface area contributed by atoms with Gasteiger partial charge >= 0.3 is 5.97 Å². The van der Waals surface area contributed by atoms with Gasteiger partial charge in [0.05, 0.1) is 11.8 Å². The lowest BCUT2D eigenvalue weighted by Gasteiger charge is -2.08. The molecule has 1 aromatic carbocycles. The summed E-state index contributed by atoms with van der Waals surface area (Å²) in [4.78, 5) is 11.9. The molecule has 0 bridgehead atoms. The second-order valence-electron chi connectivity index (χ2n) is 3.55. The van der Waals surface area contributed by atoms with E-state index < -0.39 is 16.0 Å². The number of carbonyl (C=O) groups excluding carboxylic acids is 1. The van der Waals surface area contributed by atoms with Crippen LogP contribution in [0.4, 0.5) is 0 Å². The van der Waals surface area contributed by atoms with E-state index in [9.17, 15) is 13.2 Å². The number of nitrogens with one attached hydrogen (secondary N) is 1. The maximum atomic E-state index is 11.9. The maximum Gasteiger partial charge on any atom is 0.339 e. The highest BCUT2D eigenvalue weighted by Gasteiger charge is 2.15. The van der Waals surface area contributed by atoms with Crippen LogP contribution in [0.5, 0.6) is 0 Å². The molecule has 1 N–H and O–H groups in total. The molecular weight excluding hydrogens is 611 g/mol. The molecule has 0 radical (unpaired) electrons. The molecule has 1 rings (SSSR count). The van der Waals surface area contributed by atoms with E-state index >= 15 is 0 Å². The monoisotopic (exact) mass is 621 g/mol. The third-order valence-electron chi connectivity index (χ3n) is 1.91. The van der Waals surface area contributed by atoms with Gasteiger partial charge in [-0.25, -0.2) is 17.9 Å². The van der Waals surface area contributed by atoms with Crippen LogP contribution in [0.1, 0.15) is 10.4 Å². The molecule has 0 fully saturated rings. The standard InChI is InChI=1S/C10H10I3NO4S/c1-19(16,17)14-2-3-18-10(15)7-4-6(11)5-8(12)9(7)13/h4-5,14H,2-3H2,1H3. The number of carbonyl (C=O) groups is 1. The Hall–Kier alpha value is 0.790. The number of rotatable bonds is 5. The molecular formula is C10H10I3NO4S. The predicted molar refractivity (Wildman–Crippen MR) is 97.7 cm³/mol. The maximum absolute atomic E-state index is 11.9. The fraction of sp³-hybridized carbons (Fsp3) is 0.300. The lowest BCUT2D eigenvalue weighted by Crippen LogP contribution is -2.27. The van der Waals surface area contributed by atoms with Crippen molar-refractivity contribution >= 4 is 83.8 Å². The highest BCUT2D eigenvalue weighted by atomic mass is 127. The van der Waals surface area contributed by atoms with Gasteiger partial charge in [0.2, 0.25) is 10.0 Å². The smallest absolute Gasteiger partial charge is 0.339 e. The normalized spacial score (nSPS) is 11.4. The fourth-order valence-electron chi connectivity index (χ4n) is 1.15. The number of sulfonamides is 1. The van der Waals surface area contributed by atoms with E-state index in [2.05, 4.69) is 72.5 Å². The minimum absolute atomic E-state index is 0.00400. The van der Waals surface area contributed by atoms with Crippen molar-refractivity contribution in [2.24, 2.45) is 0 Å². The van der Waals surface area contributed by atoms with Gasteiger partial charge in [0.15, 0.2) is 0 Å². The molecule has 0 amide bonds. The molecule has 0 saturated heterocycles. The van der Waals surface area contributed by atoms with E-state index in [4.69, 9.17) is 4.74 Å². The molecule has 0 heterocycles. The Morgan fingerprint density at radius 3 is 2.53 bits per heavy atom. The van der Waals surface area contributed by atoms with Crippen LogP contribution < -0.4 is 4.72 Å². The first-order chi connectivity index (χ1) is 8.70. The zero-order chi connectivity index (χ0) is 14.6. The van der Waals surface area contributed by atoms with Crippen molar-refractivity contribution in [3.05, 3.63) is 28.4 Å². The molecule has 0 atom stereocenters. The number of hydrogen-bond donors (Lipinski definition) is 1. The Balaban J connectivity index is 2.64. The molecule has 0 unspecified atom stereocenters. The first-order valence-corrected chi connectivity index (χ1v) is 10.1. The Bertz CT molecular complexity index is 589. The van der Waals surface area contributed by atoms with E-state index in [1.54, 1.807) is 6.07 Å². The molecule has 0 aromatic heterocycles. The summed E-state index contributed by atoms with van der Waals surface area (Å²) in [5.74, 6) is -0.448. The first-order valence-electron chi connectivity index (χ1n) is 4.97. The highest BCUT2D eigenvalue weighted by molar-refractivity contribution is 14.1. The van der Waals surface area contributed by atoms with Gasteiger partial charge in [-0.3, -0.25) is 0 Å². The predicted octanol–water partition coefficient (Wildman–Crippen LogP) is 2.21. The summed E-state index contributed by atoms with van der Waals surface area (Å²) in [5, 5.41) is 0.